The van der Waals surface area contributed by atoms with Crippen LogP contribution in [0.25, 0.3) is 0 Å². The molecule has 22 heavy (non-hydrogen) atoms. The maximum absolute atomic E-state index is 12.1. The number of hydrogen-bond acceptors (Lipinski definition) is 5. The van der Waals surface area contributed by atoms with E-state index in [4.69, 9.17) is 0 Å². The van der Waals surface area contributed by atoms with Gasteiger partial charge in [0.25, 0.3) is 0 Å². The van der Waals surface area contributed by atoms with Gasteiger partial charge < -0.3 is 5.32 Å². The number of nitrogens with one attached hydrogen (secondary N) is 1. The smallest absolute Gasteiger partial charge is 0.308 e. The lowest BCUT2D eigenvalue weighted by atomic mass is 10.1. The van der Waals surface area contributed by atoms with Crippen molar-refractivity contribution in [1.29, 1.82) is 0 Å². The Hall–Kier alpha value is -1.19. The van der Waals surface area contributed by atoms with E-state index in [1.165, 1.54) is 15.1 Å². The zero-order valence-corrected chi connectivity index (χ0v) is 14.6. The van der Waals surface area contributed by atoms with Crippen LogP contribution in [0, 0.1) is 13.8 Å². The van der Waals surface area contributed by atoms with Gasteiger partial charge in [-0.2, -0.15) is 0 Å². The number of carbonyl (C=O) groups excluding carboxylic acids is 1. The van der Waals surface area contributed by atoms with Gasteiger partial charge in [0.15, 0.2) is 0 Å². The summed E-state index contributed by atoms with van der Waals surface area (Å²) >= 11 is 1.13. The second-order valence-electron chi connectivity index (χ2n) is 5.62. The van der Waals surface area contributed by atoms with Crippen LogP contribution in [0.15, 0.2) is 4.79 Å². The Morgan fingerprint density at radius 3 is 2.64 bits per heavy atom. The van der Waals surface area contributed by atoms with E-state index in [0.717, 1.165) is 28.3 Å². The number of amides is 1. The fourth-order valence-electron chi connectivity index (χ4n) is 2.55. The van der Waals surface area contributed by atoms with E-state index in [-0.39, 0.29) is 23.4 Å². The molecule has 124 valence electrons. The number of rotatable bonds is 4. The van der Waals surface area contributed by atoms with Gasteiger partial charge in [0, 0.05) is 29.7 Å². The van der Waals surface area contributed by atoms with Crippen molar-refractivity contribution in [3.8, 4) is 0 Å². The second kappa shape index (κ2) is 6.51. The quantitative estimate of drug-likeness (QED) is 0.835. The van der Waals surface area contributed by atoms with E-state index < -0.39 is 10.0 Å². The van der Waals surface area contributed by atoms with Crippen molar-refractivity contribution in [3.63, 3.8) is 0 Å². The lowest BCUT2D eigenvalue weighted by Gasteiger charge is -2.31. The summed E-state index contributed by atoms with van der Waals surface area (Å²) in [7, 11) is -3.24. The highest BCUT2D eigenvalue weighted by atomic mass is 32.2. The number of hydrogen-bond donors (Lipinski definition) is 1. The van der Waals surface area contributed by atoms with Crippen molar-refractivity contribution in [2.24, 2.45) is 0 Å². The molecular weight excluding hydrogens is 326 g/mol. The number of aromatic nitrogens is 1. The average molecular weight is 347 g/mol. The summed E-state index contributed by atoms with van der Waals surface area (Å²) in [5.41, 5.74) is 0.798. The van der Waals surface area contributed by atoms with Gasteiger partial charge in [-0.05, 0) is 26.7 Å². The molecule has 1 unspecified atom stereocenters. The van der Waals surface area contributed by atoms with Gasteiger partial charge in [0.1, 0.15) is 6.54 Å². The average Bonchev–Trinajstić information content (AvgIpc) is 2.65. The second-order valence-corrected chi connectivity index (χ2v) is 8.77. The Morgan fingerprint density at radius 2 is 2.09 bits per heavy atom. The SMILES string of the molecule is Cc1sc(=O)n(CC(=O)NC2CCCN(S(C)(=O)=O)C2)c1C. The van der Waals surface area contributed by atoms with E-state index in [2.05, 4.69) is 5.32 Å². The molecular formula is C13H21N3O4S2. The van der Waals surface area contributed by atoms with Crippen LogP contribution in [0.2, 0.25) is 0 Å². The fourth-order valence-corrected chi connectivity index (χ4v) is 4.29. The lowest BCUT2D eigenvalue weighted by molar-refractivity contribution is -0.122. The molecule has 7 nitrogen and oxygen atoms in total. The molecule has 2 heterocycles. The topological polar surface area (TPSA) is 88.5 Å². The van der Waals surface area contributed by atoms with Crippen LogP contribution in [0.1, 0.15) is 23.4 Å². The Morgan fingerprint density at radius 1 is 1.41 bits per heavy atom. The Kier molecular flexibility index (Phi) is 5.08. The molecule has 0 bridgehead atoms. The number of nitrogens with zero attached hydrogens (tertiary/aromatic N) is 2. The van der Waals surface area contributed by atoms with E-state index in [9.17, 15) is 18.0 Å². The van der Waals surface area contributed by atoms with Crippen LogP contribution < -0.4 is 10.2 Å². The molecule has 1 aromatic heterocycles. The number of sulfonamides is 1. The highest BCUT2D eigenvalue weighted by molar-refractivity contribution is 7.88. The highest BCUT2D eigenvalue weighted by Gasteiger charge is 2.27. The first-order valence-electron chi connectivity index (χ1n) is 7.10. The van der Waals surface area contributed by atoms with Gasteiger partial charge >= 0.3 is 4.87 Å². The summed E-state index contributed by atoms with van der Waals surface area (Å²) in [6.45, 7) is 4.42. The molecule has 0 spiro atoms. The van der Waals surface area contributed by atoms with Gasteiger partial charge in [0.2, 0.25) is 15.9 Å². The van der Waals surface area contributed by atoms with Crippen LogP contribution in [0.4, 0.5) is 0 Å². The third-order valence-electron chi connectivity index (χ3n) is 3.90. The zero-order chi connectivity index (χ0) is 16.5. The van der Waals surface area contributed by atoms with Gasteiger partial charge in [0.05, 0.1) is 6.26 Å². The minimum Gasteiger partial charge on any atom is -0.350 e. The normalized spacial score (nSPS) is 20.0. The first-order chi connectivity index (χ1) is 10.2. The van der Waals surface area contributed by atoms with Crippen molar-refractivity contribution in [1.82, 2.24) is 14.2 Å². The Labute approximate surface area is 134 Å². The minimum atomic E-state index is -3.24. The number of carbonyl (C=O) groups is 1. The number of piperidine rings is 1. The molecule has 0 saturated carbocycles. The van der Waals surface area contributed by atoms with Crippen molar-refractivity contribution in [2.75, 3.05) is 19.3 Å². The van der Waals surface area contributed by atoms with Crippen LogP contribution in [-0.4, -0.2) is 48.6 Å². The Balaban J connectivity index is 1.99. The minimum absolute atomic E-state index is 0.0234. The molecule has 0 radical (unpaired) electrons. The maximum Gasteiger partial charge on any atom is 0.308 e. The first kappa shape index (κ1) is 17.2. The van der Waals surface area contributed by atoms with Gasteiger partial charge in [-0.3, -0.25) is 14.2 Å². The predicted molar refractivity (Wildman–Crippen MR) is 85.6 cm³/mol. The zero-order valence-electron chi connectivity index (χ0n) is 13.0. The van der Waals surface area contributed by atoms with Crippen molar-refractivity contribution >= 4 is 27.3 Å². The highest BCUT2D eigenvalue weighted by Crippen LogP contribution is 2.13. The molecule has 1 aliphatic heterocycles. The molecule has 1 saturated heterocycles. The summed E-state index contributed by atoms with van der Waals surface area (Å²) < 4.78 is 26.0. The largest absolute Gasteiger partial charge is 0.350 e. The molecule has 9 heteroatoms. The van der Waals surface area contributed by atoms with E-state index in [1.54, 1.807) is 0 Å². The third kappa shape index (κ3) is 3.96. The third-order valence-corrected chi connectivity index (χ3v) is 6.16. The lowest BCUT2D eigenvalue weighted by Crippen LogP contribution is -2.50. The monoisotopic (exact) mass is 347 g/mol. The van der Waals surface area contributed by atoms with Gasteiger partial charge in [-0.15, -0.1) is 0 Å². The summed E-state index contributed by atoms with van der Waals surface area (Å²) in [6, 6.07) is -0.202. The molecule has 0 aromatic carbocycles. The van der Waals surface area contributed by atoms with Crippen LogP contribution in [0.3, 0.4) is 0 Å². The van der Waals surface area contributed by atoms with Crippen LogP contribution in [0.5, 0.6) is 0 Å². The fraction of sp³-hybridized carbons (Fsp3) is 0.692. The van der Waals surface area contributed by atoms with E-state index in [0.29, 0.717) is 19.5 Å². The molecule has 2 rings (SSSR count). The van der Waals surface area contributed by atoms with Gasteiger partial charge in [-0.1, -0.05) is 11.3 Å². The molecule has 1 atom stereocenters. The van der Waals surface area contributed by atoms with Crippen molar-refractivity contribution < 1.29 is 13.2 Å². The molecule has 0 aliphatic carbocycles. The van der Waals surface area contributed by atoms with Crippen LogP contribution in [-0.2, 0) is 21.4 Å². The number of thiazole rings is 1. The van der Waals surface area contributed by atoms with Crippen molar-refractivity contribution in [3.05, 3.63) is 20.2 Å². The van der Waals surface area contributed by atoms with Crippen molar-refractivity contribution in [2.45, 2.75) is 39.3 Å². The first-order valence-corrected chi connectivity index (χ1v) is 9.76. The predicted octanol–water partition coefficient (Wildman–Crippen LogP) is 0.0668. The summed E-state index contributed by atoms with van der Waals surface area (Å²) in [5.74, 6) is -0.261. The molecule has 1 amide bonds. The molecule has 1 aliphatic rings. The summed E-state index contributed by atoms with van der Waals surface area (Å²) in [6.07, 6.45) is 2.64. The summed E-state index contributed by atoms with van der Waals surface area (Å²) in [5, 5.41) is 2.83. The molecule has 1 N–H and O–H groups in total. The van der Waals surface area contributed by atoms with Gasteiger partial charge in [-0.25, -0.2) is 12.7 Å². The van der Waals surface area contributed by atoms with E-state index >= 15 is 0 Å². The maximum atomic E-state index is 12.1. The molecule has 1 fully saturated rings. The number of aryl methyl sites for hydroxylation is 1. The Bertz CT molecular complexity index is 720. The standard InChI is InChI=1S/C13H21N3O4S2/c1-9-10(2)21-13(18)16(9)8-12(17)14-11-5-4-6-15(7-11)22(3,19)20/h11H,4-8H2,1-3H3,(H,14,17). The summed E-state index contributed by atoms with van der Waals surface area (Å²) in [4.78, 5) is 24.7. The molecule has 1 aromatic rings. The van der Waals surface area contributed by atoms with E-state index in [1.807, 2.05) is 13.8 Å². The van der Waals surface area contributed by atoms with Crippen LogP contribution >= 0.6 is 11.3 Å².